The number of esters is 1. The first kappa shape index (κ1) is 21.0. The van der Waals surface area contributed by atoms with Crippen molar-refractivity contribution < 1.29 is 14.3 Å². The molecule has 0 aliphatic heterocycles. The van der Waals surface area contributed by atoms with E-state index in [-0.39, 0.29) is 24.9 Å². The highest BCUT2D eigenvalue weighted by molar-refractivity contribution is 7.13. The lowest BCUT2D eigenvalue weighted by atomic mass is 10.1. The van der Waals surface area contributed by atoms with Gasteiger partial charge >= 0.3 is 5.97 Å². The van der Waals surface area contributed by atoms with E-state index < -0.39 is 5.97 Å². The van der Waals surface area contributed by atoms with Crippen LogP contribution >= 0.6 is 11.3 Å². The largest absolute Gasteiger partial charge is 0.457 e. The molecule has 0 atom stereocenters. The van der Waals surface area contributed by atoms with E-state index in [1.807, 2.05) is 50.4 Å². The highest BCUT2D eigenvalue weighted by atomic mass is 32.1. The molecule has 3 aromatic rings. The summed E-state index contributed by atoms with van der Waals surface area (Å²) in [5.74, 6) is -0.630. The summed E-state index contributed by atoms with van der Waals surface area (Å²) in [5, 5.41) is 2.73. The Bertz CT molecular complexity index is 1050. The number of aromatic nitrogens is 2. The van der Waals surface area contributed by atoms with Crippen LogP contribution in [0.15, 0.2) is 35.7 Å². The molecule has 0 fully saturated rings. The molecular formula is C23H26N2O3S. The van der Waals surface area contributed by atoms with Gasteiger partial charge in [0.2, 0.25) is 5.78 Å². The second-order valence-corrected chi connectivity index (χ2v) is 8.38. The molecule has 152 valence electrons. The molecule has 0 saturated heterocycles. The third-order valence-corrected chi connectivity index (χ3v) is 5.75. The van der Waals surface area contributed by atoms with Crippen LogP contribution in [0.3, 0.4) is 0 Å². The lowest BCUT2D eigenvalue weighted by molar-refractivity contribution is -0.141. The molecule has 0 spiro atoms. The Morgan fingerprint density at radius 1 is 1.17 bits per heavy atom. The first-order valence-electron chi connectivity index (χ1n) is 9.65. The van der Waals surface area contributed by atoms with Gasteiger partial charge in [0.15, 0.2) is 6.61 Å². The number of thiazole rings is 1. The minimum atomic E-state index is -0.447. The fourth-order valence-corrected chi connectivity index (χ4v) is 4.39. The Morgan fingerprint density at radius 2 is 1.93 bits per heavy atom. The average Bonchev–Trinajstić information content (AvgIpc) is 3.23. The van der Waals surface area contributed by atoms with Crippen molar-refractivity contribution in [2.45, 2.75) is 47.1 Å². The number of rotatable bonds is 7. The maximum atomic E-state index is 12.5. The van der Waals surface area contributed by atoms with Crippen molar-refractivity contribution in [1.29, 1.82) is 0 Å². The minimum absolute atomic E-state index is 0.0562. The van der Waals surface area contributed by atoms with Gasteiger partial charge in [-0.25, -0.2) is 4.98 Å². The monoisotopic (exact) mass is 410 g/mol. The Morgan fingerprint density at radius 3 is 2.59 bits per heavy atom. The third kappa shape index (κ3) is 4.82. The Kier molecular flexibility index (Phi) is 6.33. The van der Waals surface area contributed by atoms with Gasteiger partial charge in [-0.15, -0.1) is 11.3 Å². The van der Waals surface area contributed by atoms with Gasteiger partial charge in [0.1, 0.15) is 5.01 Å². The second-order valence-electron chi connectivity index (χ2n) is 7.52. The molecular weight excluding hydrogens is 384 g/mol. The summed E-state index contributed by atoms with van der Waals surface area (Å²) in [6, 6.07) is 10.2. The van der Waals surface area contributed by atoms with Gasteiger partial charge in [-0.05, 0) is 46.8 Å². The highest BCUT2D eigenvalue weighted by Gasteiger charge is 2.19. The molecule has 2 heterocycles. The predicted molar refractivity (Wildman–Crippen MR) is 116 cm³/mol. The molecule has 0 radical (unpaired) electrons. The summed E-state index contributed by atoms with van der Waals surface area (Å²) in [6.45, 7) is 9.83. The topological polar surface area (TPSA) is 61.2 Å². The molecule has 1 aromatic carbocycles. The smallest absolute Gasteiger partial charge is 0.312 e. The molecule has 3 rings (SSSR count). The molecule has 0 aliphatic rings. The average molecular weight is 411 g/mol. The zero-order chi connectivity index (χ0) is 21.1. The predicted octanol–water partition coefficient (Wildman–Crippen LogP) is 5.09. The van der Waals surface area contributed by atoms with Crippen molar-refractivity contribution in [3.63, 3.8) is 0 Å². The fourth-order valence-electron chi connectivity index (χ4n) is 3.58. The van der Waals surface area contributed by atoms with Crippen LogP contribution in [0, 0.1) is 20.8 Å². The quantitative estimate of drug-likeness (QED) is 0.402. The van der Waals surface area contributed by atoms with E-state index in [1.54, 1.807) is 0 Å². The lowest BCUT2D eigenvalue weighted by Gasteiger charge is -2.13. The van der Waals surface area contributed by atoms with E-state index in [0.717, 1.165) is 27.5 Å². The van der Waals surface area contributed by atoms with Crippen LogP contribution in [0.2, 0.25) is 0 Å². The van der Waals surface area contributed by atoms with Gasteiger partial charge < -0.3 is 9.30 Å². The molecule has 0 saturated carbocycles. The van der Waals surface area contributed by atoms with Gasteiger partial charge in [-0.1, -0.05) is 23.8 Å². The van der Waals surface area contributed by atoms with E-state index in [2.05, 4.69) is 29.5 Å². The number of benzene rings is 1. The van der Waals surface area contributed by atoms with Crippen LogP contribution in [0.4, 0.5) is 0 Å². The Labute approximate surface area is 175 Å². The third-order valence-electron chi connectivity index (χ3n) is 4.81. The van der Waals surface area contributed by atoms with Crippen LogP contribution in [0.1, 0.15) is 52.9 Å². The number of hydrogen-bond acceptors (Lipinski definition) is 5. The first-order chi connectivity index (χ1) is 13.8. The summed E-state index contributed by atoms with van der Waals surface area (Å²) < 4.78 is 7.34. The number of nitrogens with zero attached hydrogens (tertiary/aromatic N) is 2. The molecule has 0 bridgehead atoms. The highest BCUT2D eigenvalue weighted by Crippen LogP contribution is 2.25. The van der Waals surface area contributed by atoms with Crippen LogP contribution in [0.5, 0.6) is 0 Å². The van der Waals surface area contributed by atoms with Gasteiger partial charge in [-0.2, -0.15) is 0 Å². The van der Waals surface area contributed by atoms with Crippen LogP contribution < -0.4 is 0 Å². The number of carbonyl (C=O) groups excluding carboxylic acids is 2. The molecule has 0 aliphatic carbocycles. The van der Waals surface area contributed by atoms with Crippen LogP contribution in [-0.2, 0) is 16.0 Å². The van der Waals surface area contributed by atoms with Gasteiger partial charge in [0.25, 0.3) is 0 Å². The maximum Gasteiger partial charge on any atom is 0.312 e. The summed E-state index contributed by atoms with van der Waals surface area (Å²) >= 11 is 1.49. The summed E-state index contributed by atoms with van der Waals surface area (Å²) in [4.78, 5) is 29.3. The molecule has 5 nitrogen and oxygen atoms in total. The second kappa shape index (κ2) is 8.74. The van der Waals surface area contributed by atoms with Crippen LogP contribution in [-0.4, -0.2) is 27.9 Å². The van der Waals surface area contributed by atoms with Crippen molar-refractivity contribution in [3.05, 3.63) is 63.9 Å². The molecule has 29 heavy (non-hydrogen) atoms. The minimum Gasteiger partial charge on any atom is -0.457 e. The van der Waals surface area contributed by atoms with Crippen molar-refractivity contribution in [2.75, 3.05) is 6.61 Å². The number of hydrogen-bond donors (Lipinski definition) is 0. The standard InChI is InChI=1S/C23H26N2O3S/c1-14(2)25-16(4)10-20(17(25)5)21(26)12-28-22(27)11-19-13-29-23(24-19)18-8-6-7-15(3)9-18/h6-10,13-14H,11-12H2,1-5H3. The molecule has 0 unspecified atom stereocenters. The van der Waals surface area contributed by atoms with Crippen molar-refractivity contribution >= 4 is 23.1 Å². The molecule has 2 aromatic heterocycles. The first-order valence-corrected chi connectivity index (χ1v) is 10.5. The van der Waals surface area contributed by atoms with Crippen molar-refractivity contribution in [3.8, 4) is 10.6 Å². The zero-order valence-corrected chi connectivity index (χ0v) is 18.3. The Balaban J connectivity index is 1.59. The van der Waals surface area contributed by atoms with Gasteiger partial charge in [-0.3, -0.25) is 9.59 Å². The number of carbonyl (C=O) groups is 2. The maximum absolute atomic E-state index is 12.5. The summed E-state index contributed by atoms with van der Waals surface area (Å²) in [7, 11) is 0. The van der Waals surface area contributed by atoms with E-state index in [1.165, 1.54) is 11.3 Å². The normalized spacial score (nSPS) is 11.1. The summed E-state index contributed by atoms with van der Waals surface area (Å²) in [5.41, 5.74) is 5.39. The Hall–Kier alpha value is -2.73. The van der Waals surface area contributed by atoms with E-state index in [9.17, 15) is 9.59 Å². The van der Waals surface area contributed by atoms with Gasteiger partial charge in [0, 0.05) is 33.9 Å². The summed E-state index contributed by atoms with van der Waals surface area (Å²) in [6.07, 6.45) is 0.0562. The number of ether oxygens (including phenoxy) is 1. The van der Waals surface area contributed by atoms with E-state index in [0.29, 0.717) is 11.3 Å². The number of Topliss-reactive ketones (excluding diaryl/α,β-unsaturated/α-hetero) is 1. The number of ketones is 1. The fraction of sp³-hybridized carbons (Fsp3) is 0.348. The van der Waals surface area contributed by atoms with Gasteiger partial charge in [0.05, 0.1) is 12.1 Å². The zero-order valence-electron chi connectivity index (χ0n) is 17.5. The molecule has 0 N–H and O–H groups in total. The van der Waals surface area contributed by atoms with E-state index in [4.69, 9.17) is 4.74 Å². The van der Waals surface area contributed by atoms with Crippen molar-refractivity contribution in [2.24, 2.45) is 0 Å². The van der Waals surface area contributed by atoms with E-state index >= 15 is 0 Å². The molecule has 6 heteroatoms. The van der Waals surface area contributed by atoms with Crippen LogP contribution in [0.25, 0.3) is 10.6 Å². The lowest BCUT2D eigenvalue weighted by Crippen LogP contribution is -2.16. The molecule has 0 amide bonds. The number of aryl methyl sites for hydroxylation is 2. The van der Waals surface area contributed by atoms with Crippen molar-refractivity contribution in [1.82, 2.24) is 9.55 Å². The SMILES string of the molecule is Cc1cccc(-c2nc(CC(=O)OCC(=O)c3cc(C)n(C(C)C)c3C)cs2)c1.